The van der Waals surface area contributed by atoms with Crippen molar-refractivity contribution in [3.8, 4) is 11.3 Å². The topological polar surface area (TPSA) is 120 Å². The molecular formula is C29H25ClN4O6S. The van der Waals surface area contributed by atoms with E-state index in [1.807, 2.05) is 43.3 Å². The highest BCUT2D eigenvalue weighted by Crippen LogP contribution is 2.37. The molecule has 0 aliphatic carbocycles. The molecule has 0 saturated heterocycles. The quantitative estimate of drug-likeness (QED) is 0.173. The molecule has 10 nitrogen and oxygen atoms in total. The van der Waals surface area contributed by atoms with Crippen LogP contribution in [0, 0.1) is 10.1 Å². The maximum atomic E-state index is 13.8. The Morgan fingerprint density at radius 1 is 1.22 bits per heavy atom. The average molecular weight is 593 g/mol. The van der Waals surface area contributed by atoms with Gasteiger partial charge in [0.2, 0.25) is 0 Å². The predicted octanol–water partition coefficient (Wildman–Crippen LogP) is 4.69. The van der Waals surface area contributed by atoms with E-state index in [1.54, 1.807) is 32.1 Å². The van der Waals surface area contributed by atoms with Crippen LogP contribution in [0.2, 0.25) is 5.02 Å². The van der Waals surface area contributed by atoms with Gasteiger partial charge in [0.25, 0.3) is 11.2 Å². The summed E-state index contributed by atoms with van der Waals surface area (Å²) in [6.45, 7) is 3.49. The largest absolute Gasteiger partial charge is 0.463 e. The molecule has 1 aliphatic rings. The summed E-state index contributed by atoms with van der Waals surface area (Å²) >= 11 is 7.55. The predicted molar refractivity (Wildman–Crippen MR) is 157 cm³/mol. The number of nitro benzene ring substituents is 1. The van der Waals surface area contributed by atoms with Crippen LogP contribution < -0.4 is 19.8 Å². The third kappa shape index (κ3) is 5.33. The summed E-state index contributed by atoms with van der Waals surface area (Å²) in [6.07, 6.45) is 1.78. The maximum absolute atomic E-state index is 13.8. The second kappa shape index (κ2) is 11.2. The van der Waals surface area contributed by atoms with Crippen molar-refractivity contribution < 1.29 is 18.9 Å². The van der Waals surface area contributed by atoms with Crippen LogP contribution in [0.15, 0.2) is 80.1 Å². The Labute approximate surface area is 243 Å². The summed E-state index contributed by atoms with van der Waals surface area (Å²) in [5, 5.41) is 11.6. The van der Waals surface area contributed by atoms with E-state index < -0.39 is 16.9 Å². The first-order valence-corrected chi connectivity index (χ1v) is 13.8. The zero-order valence-corrected chi connectivity index (χ0v) is 24.2. The summed E-state index contributed by atoms with van der Waals surface area (Å²) in [7, 11) is 3.90. The third-order valence-corrected chi connectivity index (χ3v) is 7.86. The van der Waals surface area contributed by atoms with Crippen LogP contribution in [0.3, 0.4) is 0 Å². The van der Waals surface area contributed by atoms with Gasteiger partial charge in [-0.1, -0.05) is 35.1 Å². The Bertz CT molecular complexity index is 1880. The van der Waals surface area contributed by atoms with Crippen molar-refractivity contribution in [3.63, 3.8) is 0 Å². The van der Waals surface area contributed by atoms with Crippen LogP contribution in [0.4, 0.5) is 11.4 Å². The number of carbonyl (C=O) groups excluding carboxylic acids is 1. The van der Waals surface area contributed by atoms with Crippen LogP contribution in [-0.2, 0) is 9.53 Å². The van der Waals surface area contributed by atoms with Gasteiger partial charge >= 0.3 is 5.97 Å². The van der Waals surface area contributed by atoms with Gasteiger partial charge in [-0.3, -0.25) is 19.5 Å². The van der Waals surface area contributed by atoms with E-state index in [0.29, 0.717) is 20.6 Å². The molecule has 2 aromatic heterocycles. The van der Waals surface area contributed by atoms with Crippen molar-refractivity contribution in [3.05, 3.63) is 112 Å². The van der Waals surface area contributed by atoms with Crippen LogP contribution in [0.1, 0.15) is 31.2 Å². The number of thiazole rings is 1. The number of hydrogen-bond donors (Lipinski definition) is 0. The third-order valence-electron chi connectivity index (χ3n) is 6.55. The SMILES string of the molecule is CCOC(=O)C1=C(C)N=c2s/c(=C\c3ccc(N(C)C)cc3)c(=O)n2[C@@H]1c1ccc(-c2cc([N+](=O)[O-])ccc2Cl)o1. The number of benzene rings is 2. The molecule has 41 heavy (non-hydrogen) atoms. The van der Waals surface area contributed by atoms with Crippen molar-refractivity contribution in [2.75, 3.05) is 25.6 Å². The van der Waals surface area contributed by atoms with Crippen molar-refractivity contribution >= 4 is 46.4 Å². The fourth-order valence-electron chi connectivity index (χ4n) is 4.54. The number of furan rings is 1. The molecule has 0 radical (unpaired) electrons. The number of carbonyl (C=O) groups is 1. The van der Waals surface area contributed by atoms with Gasteiger partial charge in [0.15, 0.2) is 4.80 Å². The Kier molecular flexibility index (Phi) is 7.65. The smallest absolute Gasteiger partial charge is 0.338 e. The monoisotopic (exact) mass is 592 g/mol. The highest BCUT2D eigenvalue weighted by atomic mass is 35.5. The average Bonchev–Trinajstić information content (AvgIpc) is 3.53. The molecule has 12 heteroatoms. The molecule has 0 fully saturated rings. The molecule has 1 aliphatic heterocycles. The first kappa shape index (κ1) is 28.1. The van der Waals surface area contributed by atoms with Crippen molar-refractivity contribution in [1.29, 1.82) is 0 Å². The van der Waals surface area contributed by atoms with E-state index in [1.165, 1.54) is 34.1 Å². The fraction of sp³-hybridized carbons (Fsp3) is 0.207. The first-order valence-electron chi connectivity index (χ1n) is 12.6. The number of halogens is 1. The molecule has 0 spiro atoms. The van der Waals surface area contributed by atoms with Gasteiger partial charge in [0.1, 0.15) is 17.6 Å². The lowest BCUT2D eigenvalue weighted by Crippen LogP contribution is -2.39. The van der Waals surface area contributed by atoms with Crippen LogP contribution in [0.25, 0.3) is 17.4 Å². The van der Waals surface area contributed by atoms with Gasteiger partial charge in [0, 0.05) is 37.5 Å². The van der Waals surface area contributed by atoms with E-state index in [9.17, 15) is 19.7 Å². The molecule has 4 aromatic rings. The number of nitrogens with zero attached hydrogens (tertiary/aromatic N) is 4. The molecule has 1 atom stereocenters. The van der Waals surface area contributed by atoms with E-state index in [0.717, 1.165) is 11.3 Å². The second-order valence-corrected chi connectivity index (χ2v) is 10.8. The number of fused-ring (bicyclic) bond motifs is 1. The number of anilines is 1. The number of aromatic nitrogens is 1. The molecule has 210 valence electrons. The zero-order chi connectivity index (χ0) is 29.4. The van der Waals surface area contributed by atoms with E-state index in [-0.39, 0.29) is 40.0 Å². The molecule has 3 heterocycles. The fourth-order valence-corrected chi connectivity index (χ4v) is 5.80. The number of non-ortho nitro benzene ring substituents is 1. The summed E-state index contributed by atoms with van der Waals surface area (Å²) in [6, 6.07) is 14.0. The molecule has 0 saturated carbocycles. The first-order chi connectivity index (χ1) is 19.6. The van der Waals surface area contributed by atoms with E-state index in [4.69, 9.17) is 20.8 Å². The summed E-state index contributed by atoms with van der Waals surface area (Å²) in [5.74, 6) is -0.129. The minimum Gasteiger partial charge on any atom is -0.463 e. The number of hydrogen-bond acceptors (Lipinski definition) is 9. The number of allylic oxidation sites excluding steroid dienone is 1. The van der Waals surface area contributed by atoms with Gasteiger partial charge in [-0.15, -0.1) is 0 Å². The normalized spacial score (nSPS) is 15.0. The maximum Gasteiger partial charge on any atom is 0.338 e. The molecule has 0 N–H and O–H groups in total. The highest BCUT2D eigenvalue weighted by Gasteiger charge is 2.35. The van der Waals surface area contributed by atoms with Crippen molar-refractivity contribution in [2.24, 2.45) is 4.99 Å². The van der Waals surface area contributed by atoms with Gasteiger partial charge < -0.3 is 14.1 Å². The summed E-state index contributed by atoms with van der Waals surface area (Å²) < 4.78 is 13.3. The van der Waals surface area contributed by atoms with E-state index >= 15 is 0 Å². The number of ether oxygens (including phenoxy) is 1. The summed E-state index contributed by atoms with van der Waals surface area (Å²) in [5.41, 5.74) is 2.21. The minimum absolute atomic E-state index is 0.127. The molecule has 0 amide bonds. The Balaban J connectivity index is 1.66. The van der Waals surface area contributed by atoms with Crippen LogP contribution in [0.5, 0.6) is 0 Å². The van der Waals surface area contributed by atoms with Gasteiger partial charge in [-0.25, -0.2) is 9.79 Å². The number of esters is 1. The Morgan fingerprint density at radius 2 is 1.95 bits per heavy atom. The minimum atomic E-state index is -0.977. The van der Waals surface area contributed by atoms with Crippen LogP contribution in [-0.4, -0.2) is 36.2 Å². The summed E-state index contributed by atoms with van der Waals surface area (Å²) in [4.78, 5) is 44.7. The Hall–Kier alpha value is -4.48. The van der Waals surface area contributed by atoms with Gasteiger partial charge in [0.05, 0.1) is 32.4 Å². The van der Waals surface area contributed by atoms with Crippen molar-refractivity contribution in [1.82, 2.24) is 4.57 Å². The van der Waals surface area contributed by atoms with Crippen LogP contribution >= 0.6 is 22.9 Å². The molecule has 0 bridgehead atoms. The lowest BCUT2D eigenvalue weighted by molar-refractivity contribution is -0.384. The standard InChI is InChI=1S/C29H25ClN4O6S/c1-5-39-28(36)25-16(2)31-29-33(27(35)24(41-29)14-17-6-8-18(9-7-17)32(3)4)26(25)23-13-12-22(40-23)20-15-19(34(37)38)10-11-21(20)30/h6-15,26H,5H2,1-4H3/b24-14-/t26-/m1/s1. The van der Waals surface area contributed by atoms with Gasteiger partial charge in [-0.05, 0) is 55.8 Å². The lowest BCUT2D eigenvalue weighted by Gasteiger charge is -2.22. The molecule has 0 unspecified atom stereocenters. The Morgan fingerprint density at radius 3 is 2.61 bits per heavy atom. The zero-order valence-electron chi connectivity index (χ0n) is 22.6. The second-order valence-electron chi connectivity index (χ2n) is 9.41. The molecular weight excluding hydrogens is 568 g/mol. The van der Waals surface area contributed by atoms with Crippen molar-refractivity contribution in [2.45, 2.75) is 19.9 Å². The van der Waals surface area contributed by atoms with E-state index in [2.05, 4.69) is 4.99 Å². The lowest BCUT2D eigenvalue weighted by atomic mass is 10.0. The molecule has 5 rings (SSSR count). The highest BCUT2D eigenvalue weighted by molar-refractivity contribution is 7.07. The number of nitro groups is 1. The number of rotatable bonds is 7. The van der Waals surface area contributed by atoms with Gasteiger partial charge in [-0.2, -0.15) is 0 Å². The molecule has 2 aromatic carbocycles.